The van der Waals surface area contributed by atoms with E-state index in [1.165, 1.54) is 11.1 Å². The highest BCUT2D eigenvalue weighted by molar-refractivity contribution is 5.86. The minimum Gasteiger partial charge on any atom is -0.481 e. The SMILES string of the molecule is O=C(O)C1CCC1C(=O)N1Cc2ccccc2C(c2ccccc2)C1. The first-order valence-electron chi connectivity index (χ1n) is 8.79. The Kier molecular flexibility index (Phi) is 4.04. The molecule has 1 fully saturated rings. The fourth-order valence-electron chi connectivity index (χ4n) is 4.07. The van der Waals surface area contributed by atoms with E-state index in [1.54, 1.807) is 0 Å². The normalized spacial score (nSPS) is 25.0. The number of benzene rings is 2. The van der Waals surface area contributed by atoms with Crippen molar-refractivity contribution >= 4 is 11.9 Å². The Morgan fingerprint density at radius 1 is 0.920 bits per heavy atom. The first-order valence-corrected chi connectivity index (χ1v) is 8.79. The van der Waals surface area contributed by atoms with E-state index < -0.39 is 11.9 Å². The molecule has 0 bridgehead atoms. The minimum atomic E-state index is -0.846. The highest BCUT2D eigenvalue weighted by Gasteiger charge is 2.44. The minimum absolute atomic E-state index is 0.00548. The fourth-order valence-corrected chi connectivity index (χ4v) is 4.07. The summed E-state index contributed by atoms with van der Waals surface area (Å²) in [5.74, 6) is -1.59. The Morgan fingerprint density at radius 2 is 1.60 bits per heavy atom. The van der Waals surface area contributed by atoms with Gasteiger partial charge in [0, 0.05) is 19.0 Å². The molecule has 1 aliphatic carbocycles. The van der Waals surface area contributed by atoms with Crippen molar-refractivity contribution in [1.82, 2.24) is 4.90 Å². The summed E-state index contributed by atoms with van der Waals surface area (Å²) in [6.45, 7) is 1.18. The second-order valence-electron chi connectivity index (χ2n) is 7.01. The van der Waals surface area contributed by atoms with Crippen molar-refractivity contribution < 1.29 is 14.7 Å². The Hall–Kier alpha value is -2.62. The lowest BCUT2D eigenvalue weighted by atomic mass is 9.72. The van der Waals surface area contributed by atoms with E-state index in [9.17, 15) is 14.7 Å². The fraction of sp³-hybridized carbons (Fsp3) is 0.333. The summed E-state index contributed by atoms with van der Waals surface area (Å²) in [5.41, 5.74) is 3.61. The number of amides is 1. The standard InChI is InChI=1S/C21H21NO3/c23-20(17-10-11-18(17)21(24)25)22-12-15-8-4-5-9-16(15)19(13-22)14-6-2-1-3-7-14/h1-9,17-19H,10-13H2,(H,24,25). The molecule has 3 atom stereocenters. The summed E-state index contributed by atoms with van der Waals surface area (Å²) < 4.78 is 0. The van der Waals surface area contributed by atoms with Crippen LogP contribution < -0.4 is 0 Å². The van der Waals surface area contributed by atoms with E-state index in [0.29, 0.717) is 25.9 Å². The number of carboxylic acids is 1. The van der Waals surface area contributed by atoms with Crippen LogP contribution in [-0.4, -0.2) is 28.4 Å². The zero-order chi connectivity index (χ0) is 17.4. The zero-order valence-corrected chi connectivity index (χ0v) is 14.0. The summed E-state index contributed by atoms with van der Waals surface area (Å²) >= 11 is 0. The van der Waals surface area contributed by atoms with Crippen molar-refractivity contribution in [2.75, 3.05) is 6.54 Å². The number of carbonyl (C=O) groups is 2. The van der Waals surface area contributed by atoms with Gasteiger partial charge in [0.2, 0.25) is 5.91 Å². The van der Waals surface area contributed by atoms with E-state index in [4.69, 9.17) is 0 Å². The van der Waals surface area contributed by atoms with E-state index in [2.05, 4.69) is 24.3 Å². The number of rotatable bonds is 3. The van der Waals surface area contributed by atoms with Crippen molar-refractivity contribution in [3.8, 4) is 0 Å². The van der Waals surface area contributed by atoms with Gasteiger partial charge in [-0.2, -0.15) is 0 Å². The predicted octanol–water partition coefficient (Wildman–Crippen LogP) is 3.27. The number of carbonyl (C=O) groups excluding carboxylic acids is 1. The Labute approximate surface area is 147 Å². The van der Waals surface area contributed by atoms with Crippen molar-refractivity contribution in [1.29, 1.82) is 0 Å². The van der Waals surface area contributed by atoms with Gasteiger partial charge in [0.25, 0.3) is 0 Å². The molecule has 2 aromatic carbocycles. The highest BCUT2D eigenvalue weighted by Crippen LogP contribution is 2.39. The van der Waals surface area contributed by atoms with E-state index in [1.807, 2.05) is 35.2 Å². The lowest BCUT2D eigenvalue weighted by Gasteiger charge is -2.40. The monoisotopic (exact) mass is 335 g/mol. The third-order valence-electron chi connectivity index (χ3n) is 5.62. The summed E-state index contributed by atoms with van der Waals surface area (Å²) in [6.07, 6.45) is 1.29. The quantitative estimate of drug-likeness (QED) is 0.936. The van der Waals surface area contributed by atoms with Crippen molar-refractivity contribution in [3.05, 3.63) is 71.3 Å². The van der Waals surface area contributed by atoms with E-state index in [0.717, 1.165) is 5.56 Å². The van der Waals surface area contributed by atoms with Crippen LogP contribution in [-0.2, 0) is 16.1 Å². The zero-order valence-electron chi connectivity index (χ0n) is 14.0. The molecule has 4 nitrogen and oxygen atoms in total. The van der Waals surface area contributed by atoms with Gasteiger partial charge in [-0.05, 0) is 29.5 Å². The number of carboxylic acid groups (broad SMARTS) is 1. The molecule has 3 unspecified atom stereocenters. The topological polar surface area (TPSA) is 57.6 Å². The average molecular weight is 335 g/mol. The number of fused-ring (bicyclic) bond motifs is 1. The molecule has 0 radical (unpaired) electrons. The van der Waals surface area contributed by atoms with Crippen LogP contribution in [0.2, 0.25) is 0 Å². The molecule has 1 aliphatic heterocycles. The van der Waals surface area contributed by atoms with Gasteiger partial charge in [-0.1, -0.05) is 54.6 Å². The van der Waals surface area contributed by atoms with Gasteiger partial charge in [0.1, 0.15) is 0 Å². The molecule has 4 heteroatoms. The maximum absolute atomic E-state index is 12.9. The van der Waals surface area contributed by atoms with Crippen molar-refractivity contribution in [3.63, 3.8) is 0 Å². The molecule has 0 spiro atoms. The highest BCUT2D eigenvalue weighted by atomic mass is 16.4. The Bertz CT molecular complexity index is 802. The molecular weight excluding hydrogens is 314 g/mol. The molecule has 4 rings (SSSR count). The summed E-state index contributed by atoms with van der Waals surface area (Å²) in [6, 6.07) is 18.5. The molecule has 0 saturated heterocycles. The van der Waals surface area contributed by atoms with Crippen molar-refractivity contribution in [2.45, 2.75) is 25.3 Å². The molecule has 2 aromatic rings. The number of hydrogen-bond donors (Lipinski definition) is 1. The van der Waals surface area contributed by atoms with Gasteiger partial charge in [0.05, 0.1) is 11.8 Å². The molecule has 1 amide bonds. The average Bonchev–Trinajstić information content (AvgIpc) is 2.60. The van der Waals surface area contributed by atoms with Crippen LogP contribution in [0.3, 0.4) is 0 Å². The maximum Gasteiger partial charge on any atom is 0.307 e. The molecular formula is C21H21NO3. The van der Waals surface area contributed by atoms with Crippen LogP contribution >= 0.6 is 0 Å². The predicted molar refractivity (Wildman–Crippen MR) is 94.0 cm³/mol. The first-order chi connectivity index (χ1) is 12.1. The van der Waals surface area contributed by atoms with Crippen LogP contribution in [0.15, 0.2) is 54.6 Å². The first kappa shape index (κ1) is 15.9. The van der Waals surface area contributed by atoms with Crippen LogP contribution in [0.4, 0.5) is 0 Å². The van der Waals surface area contributed by atoms with Gasteiger partial charge in [-0.25, -0.2) is 0 Å². The second-order valence-corrected chi connectivity index (χ2v) is 7.01. The lowest BCUT2D eigenvalue weighted by Crippen LogP contribution is -2.48. The van der Waals surface area contributed by atoms with Gasteiger partial charge in [0.15, 0.2) is 0 Å². The Morgan fingerprint density at radius 3 is 2.28 bits per heavy atom. The second kappa shape index (κ2) is 6.36. The van der Waals surface area contributed by atoms with Crippen LogP contribution in [0.5, 0.6) is 0 Å². The summed E-state index contributed by atoms with van der Waals surface area (Å²) in [5, 5.41) is 9.27. The summed E-state index contributed by atoms with van der Waals surface area (Å²) in [7, 11) is 0. The van der Waals surface area contributed by atoms with Crippen molar-refractivity contribution in [2.24, 2.45) is 11.8 Å². The molecule has 1 saturated carbocycles. The molecule has 1 heterocycles. The third-order valence-corrected chi connectivity index (χ3v) is 5.62. The van der Waals surface area contributed by atoms with Crippen LogP contribution in [0.25, 0.3) is 0 Å². The van der Waals surface area contributed by atoms with E-state index >= 15 is 0 Å². The molecule has 2 aliphatic rings. The smallest absolute Gasteiger partial charge is 0.307 e. The number of nitrogens with zero attached hydrogens (tertiary/aromatic N) is 1. The molecule has 128 valence electrons. The largest absolute Gasteiger partial charge is 0.481 e. The van der Waals surface area contributed by atoms with Gasteiger partial charge in [-0.3, -0.25) is 9.59 Å². The molecule has 0 aromatic heterocycles. The number of aliphatic carboxylic acids is 1. The van der Waals surface area contributed by atoms with E-state index in [-0.39, 0.29) is 17.7 Å². The van der Waals surface area contributed by atoms with Gasteiger partial charge < -0.3 is 10.0 Å². The Balaban J connectivity index is 1.64. The van der Waals surface area contributed by atoms with Crippen LogP contribution in [0.1, 0.15) is 35.4 Å². The molecule has 1 N–H and O–H groups in total. The third kappa shape index (κ3) is 2.82. The summed E-state index contributed by atoms with van der Waals surface area (Å²) in [4.78, 5) is 26.1. The van der Waals surface area contributed by atoms with Gasteiger partial charge in [-0.15, -0.1) is 0 Å². The maximum atomic E-state index is 12.9. The molecule has 25 heavy (non-hydrogen) atoms. The van der Waals surface area contributed by atoms with Gasteiger partial charge >= 0.3 is 5.97 Å². The lowest BCUT2D eigenvalue weighted by molar-refractivity contribution is -0.157. The number of hydrogen-bond acceptors (Lipinski definition) is 2. The van der Waals surface area contributed by atoms with Crippen LogP contribution in [0, 0.1) is 11.8 Å².